The summed E-state index contributed by atoms with van der Waals surface area (Å²) in [7, 11) is 0. The number of carbonyl (C=O) groups excluding carboxylic acids is 1. The van der Waals surface area contributed by atoms with Gasteiger partial charge in [-0.1, -0.05) is 23.2 Å². The molecule has 0 spiro atoms. The van der Waals surface area contributed by atoms with Gasteiger partial charge in [0, 0.05) is 28.6 Å². The van der Waals surface area contributed by atoms with Crippen LogP contribution in [-0.4, -0.2) is 28.8 Å². The number of nitrogens with one attached hydrogen (secondary N) is 1. The predicted molar refractivity (Wildman–Crippen MR) is 115 cm³/mol. The van der Waals surface area contributed by atoms with Crippen LogP contribution in [0.5, 0.6) is 5.75 Å². The van der Waals surface area contributed by atoms with E-state index >= 15 is 0 Å². The number of rotatable bonds is 6. The summed E-state index contributed by atoms with van der Waals surface area (Å²) in [5, 5.41) is 12.0. The summed E-state index contributed by atoms with van der Waals surface area (Å²) in [5.74, 6) is 0.670. The van der Waals surface area contributed by atoms with E-state index in [1.807, 2.05) is 12.1 Å². The second kappa shape index (κ2) is 9.66. The molecule has 1 heterocycles. The molecule has 2 aromatic carbocycles. The van der Waals surface area contributed by atoms with Crippen LogP contribution in [0.25, 0.3) is 11.5 Å². The van der Waals surface area contributed by atoms with Crippen LogP contribution < -0.4 is 10.1 Å². The van der Waals surface area contributed by atoms with Crippen LogP contribution in [0.1, 0.15) is 37.5 Å². The van der Waals surface area contributed by atoms with E-state index < -0.39 is 5.82 Å². The molecule has 3 aromatic rings. The van der Waals surface area contributed by atoms with Crippen LogP contribution in [0, 0.1) is 5.82 Å². The van der Waals surface area contributed by atoms with Gasteiger partial charge >= 0.3 is 0 Å². The Hall–Kier alpha value is -2.64. The Balaban J connectivity index is 1.24. The van der Waals surface area contributed by atoms with Crippen molar-refractivity contribution in [2.75, 3.05) is 6.61 Å². The molecule has 0 atom stereocenters. The standard InChI is InChI=1S/C22H20Cl2FN3O3/c23-15-5-1-13(2-6-15)21-27-28-22(31-21)14-3-7-16(8-4-14)26-20(29)12-30-17-9-10-18(24)19(25)11-17/h1-2,5-6,9-11,14,16H,3-4,7-8,12H2,(H,26,29). The van der Waals surface area contributed by atoms with Crippen molar-refractivity contribution < 1.29 is 18.3 Å². The number of hydrogen-bond donors (Lipinski definition) is 1. The van der Waals surface area contributed by atoms with Gasteiger partial charge in [-0.3, -0.25) is 4.79 Å². The average Bonchev–Trinajstić information content (AvgIpc) is 3.26. The first-order valence-corrected chi connectivity index (χ1v) is 10.7. The van der Waals surface area contributed by atoms with Gasteiger partial charge < -0.3 is 14.5 Å². The zero-order valence-electron chi connectivity index (χ0n) is 16.5. The molecule has 4 rings (SSSR count). The maximum atomic E-state index is 13.4. The zero-order chi connectivity index (χ0) is 21.8. The molecule has 0 radical (unpaired) electrons. The molecule has 1 aliphatic rings. The molecule has 0 unspecified atom stereocenters. The van der Waals surface area contributed by atoms with Crippen molar-refractivity contribution in [2.24, 2.45) is 0 Å². The fraction of sp³-hybridized carbons (Fsp3) is 0.318. The van der Waals surface area contributed by atoms with Gasteiger partial charge in [0.1, 0.15) is 11.6 Å². The number of halogens is 3. The Kier molecular flexibility index (Phi) is 6.73. The summed E-state index contributed by atoms with van der Waals surface area (Å²) in [5.41, 5.74) is 0.824. The smallest absolute Gasteiger partial charge is 0.258 e. The highest BCUT2D eigenvalue weighted by Gasteiger charge is 2.27. The molecule has 1 saturated carbocycles. The first kappa shape index (κ1) is 21.6. The molecular formula is C22H20Cl2FN3O3. The molecule has 0 aliphatic heterocycles. The number of nitrogens with zero attached hydrogens (tertiary/aromatic N) is 2. The molecule has 1 aliphatic carbocycles. The highest BCUT2D eigenvalue weighted by atomic mass is 35.5. The molecular weight excluding hydrogens is 444 g/mol. The minimum absolute atomic E-state index is 0.00935. The zero-order valence-corrected chi connectivity index (χ0v) is 18.0. The summed E-state index contributed by atoms with van der Waals surface area (Å²) >= 11 is 11.6. The van der Waals surface area contributed by atoms with Gasteiger partial charge in [0.05, 0.1) is 5.02 Å². The summed E-state index contributed by atoms with van der Waals surface area (Å²) in [6.45, 7) is -0.185. The summed E-state index contributed by atoms with van der Waals surface area (Å²) in [4.78, 5) is 12.2. The van der Waals surface area contributed by atoms with Crippen LogP contribution in [0.4, 0.5) is 4.39 Å². The van der Waals surface area contributed by atoms with Gasteiger partial charge in [-0.2, -0.15) is 0 Å². The van der Waals surface area contributed by atoms with Gasteiger partial charge in [0.15, 0.2) is 6.61 Å². The Morgan fingerprint density at radius 1 is 1.10 bits per heavy atom. The second-order valence-electron chi connectivity index (χ2n) is 7.43. The van der Waals surface area contributed by atoms with Crippen LogP contribution in [0.3, 0.4) is 0 Å². The van der Waals surface area contributed by atoms with E-state index in [1.54, 1.807) is 12.1 Å². The van der Waals surface area contributed by atoms with Gasteiger partial charge in [0.25, 0.3) is 5.91 Å². The van der Waals surface area contributed by atoms with E-state index in [0.29, 0.717) is 16.8 Å². The van der Waals surface area contributed by atoms with E-state index in [9.17, 15) is 9.18 Å². The lowest BCUT2D eigenvalue weighted by Gasteiger charge is -2.27. The molecule has 0 saturated heterocycles. The van der Waals surface area contributed by atoms with Crippen molar-refractivity contribution in [1.29, 1.82) is 0 Å². The number of hydrogen-bond acceptors (Lipinski definition) is 5. The molecule has 1 N–H and O–H groups in total. The summed E-state index contributed by atoms with van der Waals surface area (Å²) in [6, 6.07) is 11.4. The fourth-order valence-corrected chi connectivity index (χ4v) is 3.82. The first-order valence-electron chi connectivity index (χ1n) is 9.94. The number of benzene rings is 2. The van der Waals surface area contributed by atoms with E-state index in [-0.39, 0.29) is 35.2 Å². The third-order valence-corrected chi connectivity index (χ3v) is 5.79. The number of amides is 1. The molecule has 162 valence electrons. The van der Waals surface area contributed by atoms with E-state index in [0.717, 1.165) is 37.3 Å². The van der Waals surface area contributed by atoms with Crippen LogP contribution in [0.15, 0.2) is 46.9 Å². The lowest BCUT2D eigenvalue weighted by molar-refractivity contribution is -0.124. The van der Waals surface area contributed by atoms with Gasteiger partial charge in [-0.25, -0.2) is 4.39 Å². The second-order valence-corrected chi connectivity index (χ2v) is 8.28. The molecule has 1 aromatic heterocycles. The van der Waals surface area contributed by atoms with Gasteiger partial charge in [-0.05, 0) is 62.1 Å². The minimum Gasteiger partial charge on any atom is -0.484 e. The van der Waals surface area contributed by atoms with Crippen molar-refractivity contribution in [3.05, 3.63) is 64.2 Å². The third kappa shape index (κ3) is 5.54. The van der Waals surface area contributed by atoms with E-state index in [4.69, 9.17) is 32.4 Å². The molecule has 0 bridgehead atoms. The normalized spacial score (nSPS) is 18.5. The molecule has 1 fully saturated rings. The topological polar surface area (TPSA) is 77.2 Å². The van der Waals surface area contributed by atoms with Crippen molar-refractivity contribution >= 4 is 29.1 Å². The number of carbonyl (C=O) groups is 1. The number of aromatic nitrogens is 2. The van der Waals surface area contributed by atoms with E-state index in [2.05, 4.69) is 15.5 Å². The Bertz CT molecular complexity index is 1050. The average molecular weight is 464 g/mol. The number of ether oxygens (including phenoxy) is 1. The first-order chi connectivity index (χ1) is 15.0. The van der Waals surface area contributed by atoms with Crippen molar-refractivity contribution in [2.45, 2.75) is 37.6 Å². The van der Waals surface area contributed by atoms with Gasteiger partial charge in [0.2, 0.25) is 11.8 Å². The third-order valence-electron chi connectivity index (χ3n) is 5.23. The van der Waals surface area contributed by atoms with Crippen LogP contribution >= 0.6 is 23.2 Å². The fourth-order valence-electron chi connectivity index (χ4n) is 3.58. The largest absolute Gasteiger partial charge is 0.484 e. The molecule has 31 heavy (non-hydrogen) atoms. The van der Waals surface area contributed by atoms with Crippen molar-refractivity contribution in [3.8, 4) is 17.2 Å². The van der Waals surface area contributed by atoms with E-state index in [1.165, 1.54) is 12.1 Å². The minimum atomic E-state index is -0.585. The lowest BCUT2D eigenvalue weighted by Crippen LogP contribution is -2.39. The van der Waals surface area contributed by atoms with Crippen LogP contribution in [0.2, 0.25) is 10.0 Å². The highest BCUT2D eigenvalue weighted by Crippen LogP contribution is 2.33. The Morgan fingerprint density at radius 3 is 2.55 bits per heavy atom. The van der Waals surface area contributed by atoms with Crippen LogP contribution in [-0.2, 0) is 4.79 Å². The summed E-state index contributed by atoms with van der Waals surface area (Å²) < 4.78 is 24.6. The SMILES string of the molecule is O=C(COc1ccc(Cl)c(F)c1)NC1CCC(c2nnc(-c3ccc(Cl)cc3)o2)CC1. The predicted octanol–water partition coefficient (Wildman–Crippen LogP) is 5.40. The molecule has 9 heteroatoms. The van der Waals surface area contributed by atoms with Crippen molar-refractivity contribution in [1.82, 2.24) is 15.5 Å². The summed E-state index contributed by atoms with van der Waals surface area (Å²) in [6.07, 6.45) is 3.25. The Labute approximate surface area is 188 Å². The highest BCUT2D eigenvalue weighted by molar-refractivity contribution is 6.31. The quantitative estimate of drug-likeness (QED) is 0.529. The maximum Gasteiger partial charge on any atom is 0.258 e. The maximum absolute atomic E-state index is 13.4. The van der Waals surface area contributed by atoms with Gasteiger partial charge in [-0.15, -0.1) is 10.2 Å². The Morgan fingerprint density at radius 2 is 1.84 bits per heavy atom. The molecule has 1 amide bonds. The monoisotopic (exact) mass is 463 g/mol. The van der Waals surface area contributed by atoms with Crippen molar-refractivity contribution in [3.63, 3.8) is 0 Å². The molecule has 6 nitrogen and oxygen atoms in total. The lowest BCUT2D eigenvalue weighted by atomic mass is 9.86.